The van der Waals surface area contributed by atoms with Crippen molar-refractivity contribution in [1.29, 1.82) is 0 Å². The highest BCUT2D eigenvalue weighted by Crippen LogP contribution is 2.20. The third kappa shape index (κ3) is 4.98. The van der Waals surface area contributed by atoms with Crippen molar-refractivity contribution in [1.82, 2.24) is 19.6 Å². The first-order chi connectivity index (χ1) is 8.09. The van der Waals surface area contributed by atoms with Crippen LogP contribution in [0.25, 0.3) is 0 Å². The van der Waals surface area contributed by atoms with Crippen LogP contribution in [0.5, 0.6) is 5.75 Å². The van der Waals surface area contributed by atoms with E-state index >= 15 is 0 Å². The minimum atomic E-state index is -0.188. The number of amides is 1. The van der Waals surface area contributed by atoms with E-state index < -0.39 is 0 Å². The first kappa shape index (κ1) is 13.0. The molecule has 0 aliphatic heterocycles. The summed E-state index contributed by atoms with van der Waals surface area (Å²) in [6.07, 6.45) is 1.39. The lowest BCUT2D eigenvalue weighted by molar-refractivity contribution is -0.114. The minimum absolute atomic E-state index is 0.0858. The number of para-hydroxylation sites is 2. The second-order valence-corrected chi connectivity index (χ2v) is 3.34. The van der Waals surface area contributed by atoms with Gasteiger partial charge in [-0.3, -0.25) is 4.79 Å². The number of phenols is 1. The molecule has 0 saturated carbocycles. The predicted octanol–water partition coefficient (Wildman–Crippen LogP) is 0.717. The average Bonchev–Trinajstić information content (AvgIpc) is 2.73. The Hall–Kier alpha value is -2.09. The van der Waals surface area contributed by atoms with Crippen molar-refractivity contribution in [3.63, 3.8) is 0 Å². The fraction of sp³-hybridized carbons (Fsp3) is 0.111. The van der Waals surface area contributed by atoms with E-state index in [1.54, 1.807) is 18.2 Å². The zero-order valence-electron chi connectivity index (χ0n) is 8.98. The van der Waals surface area contributed by atoms with Gasteiger partial charge in [0.15, 0.2) is 6.33 Å². The Morgan fingerprint density at radius 2 is 2.18 bits per heavy atom. The number of nitrogens with zero attached hydrogens (tertiary/aromatic N) is 4. The number of anilines is 1. The molecule has 0 fully saturated rings. The zero-order valence-corrected chi connectivity index (χ0v) is 9.87. The van der Waals surface area contributed by atoms with Gasteiger partial charge >= 0.3 is 0 Å². The summed E-state index contributed by atoms with van der Waals surface area (Å²) in [6, 6.07) is 6.59. The molecule has 1 heterocycles. The van der Waals surface area contributed by atoms with E-state index in [2.05, 4.69) is 33.7 Å². The van der Waals surface area contributed by atoms with E-state index in [1.807, 2.05) is 0 Å². The average molecular weight is 253 g/mol. The summed E-state index contributed by atoms with van der Waals surface area (Å²) in [5, 5.41) is 21.5. The van der Waals surface area contributed by atoms with Gasteiger partial charge in [-0.05, 0) is 35.4 Å². The van der Waals surface area contributed by atoms with Gasteiger partial charge in [0.05, 0.1) is 5.69 Å². The molecule has 1 amide bonds. The summed E-state index contributed by atoms with van der Waals surface area (Å²) in [5.74, 6) is -0.103. The molecule has 0 aliphatic carbocycles. The highest BCUT2D eigenvalue weighted by atomic mass is 32.1. The summed E-state index contributed by atoms with van der Waals surface area (Å²) in [6.45, 7) is 1.40. The Balaban J connectivity index is 0.000000202. The Labute approximate surface area is 103 Å². The summed E-state index contributed by atoms with van der Waals surface area (Å²) >= 11 is 3.72. The fourth-order valence-corrected chi connectivity index (χ4v) is 1.01. The smallest absolute Gasteiger partial charge is 0.221 e. The number of nitrogens with one attached hydrogen (secondary N) is 1. The summed E-state index contributed by atoms with van der Waals surface area (Å²) in [5.41, 5.74) is 0.444. The molecular formula is C9H11N5O2S. The molecule has 7 nitrogen and oxygen atoms in total. The first-order valence-electron chi connectivity index (χ1n) is 4.57. The molecule has 2 aromatic rings. The molecule has 0 spiro atoms. The molecule has 90 valence electrons. The van der Waals surface area contributed by atoms with Gasteiger partial charge in [0, 0.05) is 6.92 Å². The summed E-state index contributed by atoms with van der Waals surface area (Å²) in [4.78, 5) is 10.5. The quantitative estimate of drug-likeness (QED) is 0.514. The number of phenolic OH excluding ortho intramolecular Hbond substituents is 1. The maximum absolute atomic E-state index is 10.5. The van der Waals surface area contributed by atoms with Gasteiger partial charge in [0.2, 0.25) is 5.91 Å². The van der Waals surface area contributed by atoms with Gasteiger partial charge in [-0.25, -0.2) is 0 Å². The molecule has 8 heteroatoms. The molecule has 0 aliphatic rings. The Bertz CT molecular complexity index is 474. The Morgan fingerprint density at radius 1 is 1.47 bits per heavy atom. The van der Waals surface area contributed by atoms with Gasteiger partial charge in [-0.2, -0.15) is 4.09 Å². The number of rotatable bonds is 1. The van der Waals surface area contributed by atoms with E-state index in [1.165, 1.54) is 23.4 Å². The normalized spacial score (nSPS) is 9.06. The third-order valence-electron chi connectivity index (χ3n) is 1.55. The van der Waals surface area contributed by atoms with E-state index in [0.29, 0.717) is 5.69 Å². The second-order valence-electron chi connectivity index (χ2n) is 2.93. The van der Waals surface area contributed by atoms with E-state index in [9.17, 15) is 4.79 Å². The zero-order chi connectivity index (χ0) is 12.7. The van der Waals surface area contributed by atoms with Crippen LogP contribution < -0.4 is 5.32 Å². The molecule has 1 aromatic carbocycles. The Kier molecular flexibility index (Phi) is 4.95. The number of tetrazole rings is 1. The van der Waals surface area contributed by atoms with Gasteiger partial charge in [-0.15, -0.1) is 5.10 Å². The summed E-state index contributed by atoms with van der Waals surface area (Å²) in [7, 11) is 0. The van der Waals surface area contributed by atoms with Crippen LogP contribution in [-0.2, 0) is 4.79 Å². The van der Waals surface area contributed by atoms with Crippen molar-refractivity contribution in [2.45, 2.75) is 6.92 Å². The van der Waals surface area contributed by atoms with E-state index in [4.69, 9.17) is 5.11 Å². The molecule has 0 radical (unpaired) electrons. The fourth-order valence-electron chi connectivity index (χ4n) is 0.925. The molecule has 0 unspecified atom stereocenters. The molecule has 2 rings (SSSR count). The van der Waals surface area contributed by atoms with Crippen LogP contribution in [0.2, 0.25) is 0 Å². The molecule has 0 atom stereocenters. The van der Waals surface area contributed by atoms with Crippen molar-refractivity contribution < 1.29 is 9.90 Å². The lowest BCUT2D eigenvalue weighted by atomic mass is 10.3. The number of aromatic nitrogens is 4. The number of hydrogen-bond donors (Lipinski definition) is 3. The molecule has 0 saturated heterocycles. The lowest BCUT2D eigenvalue weighted by Gasteiger charge is -2.02. The molecule has 0 bridgehead atoms. The standard InChI is InChI=1S/C8H9NO2.CH2N4S/c1-6(10)9-7-4-2-3-5-8(7)11;6-5-1-2-3-4-5/h2-5,11H,1H3,(H,9,10);1,6H. The molecular weight excluding hydrogens is 242 g/mol. The highest BCUT2D eigenvalue weighted by molar-refractivity contribution is 7.78. The van der Waals surface area contributed by atoms with Crippen molar-refractivity contribution in [2.24, 2.45) is 0 Å². The number of hydrogen-bond acceptors (Lipinski definition) is 6. The van der Waals surface area contributed by atoms with E-state index in [0.717, 1.165) is 0 Å². The van der Waals surface area contributed by atoms with Crippen LogP contribution in [0, 0.1) is 0 Å². The van der Waals surface area contributed by atoms with Crippen molar-refractivity contribution in [2.75, 3.05) is 5.32 Å². The monoisotopic (exact) mass is 253 g/mol. The topological polar surface area (TPSA) is 92.9 Å². The molecule has 17 heavy (non-hydrogen) atoms. The summed E-state index contributed by atoms with van der Waals surface area (Å²) < 4.78 is 1.22. The van der Waals surface area contributed by atoms with Gasteiger partial charge in [0.1, 0.15) is 5.75 Å². The van der Waals surface area contributed by atoms with Crippen LogP contribution in [0.15, 0.2) is 30.6 Å². The van der Waals surface area contributed by atoms with Crippen LogP contribution in [0.3, 0.4) is 0 Å². The van der Waals surface area contributed by atoms with Crippen LogP contribution in [0.1, 0.15) is 6.92 Å². The highest BCUT2D eigenvalue weighted by Gasteiger charge is 1.98. The predicted molar refractivity (Wildman–Crippen MR) is 64.6 cm³/mol. The van der Waals surface area contributed by atoms with Crippen molar-refractivity contribution in [3.05, 3.63) is 30.6 Å². The molecule has 1 aromatic heterocycles. The van der Waals surface area contributed by atoms with Gasteiger partial charge in [-0.1, -0.05) is 12.1 Å². The molecule has 2 N–H and O–H groups in total. The van der Waals surface area contributed by atoms with Gasteiger partial charge < -0.3 is 10.4 Å². The van der Waals surface area contributed by atoms with Crippen molar-refractivity contribution >= 4 is 24.4 Å². The Morgan fingerprint density at radius 3 is 2.59 bits per heavy atom. The number of carbonyl (C=O) groups is 1. The maximum atomic E-state index is 10.5. The number of benzene rings is 1. The first-order valence-corrected chi connectivity index (χ1v) is 4.97. The SMILES string of the molecule is CC(=O)Nc1ccccc1O.Sn1cnnn1. The third-order valence-corrected chi connectivity index (χ3v) is 1.74. The lowest BCUT2D eigenvalue weighted by Crippen LogP contribution is -2.05. The van der Waals surface area contributed by atoms with Crippen LogP contribution in [-0.4, -0.2) is 30.6 Å². The number of carbonyl (C=O) groups excluding carboxylic acids is 1. The maximum Gasteiger partial charge on any atom is 0.221 e. The van der Waals surface area contributed by atoms with Crippen LogP contribution >= 0.6 is 12.8 Å². The van der Waals surface area contributed by atoms with Crippen LogP contribution in [0.4, 0.5) is 5.69 Å². The van der Waals surface area contributed by atoms with Gasteiger partial charge in [0.25, 0.3) is 0 Å². The number of aromatic hydroxyl groups is 1. The second kappa shape index (κ2) is 6.48. The minimum Gasteiger partial charge on any atom is -0.506 e. The number of thiol groups is 1. The largest absolute Gasteiger partial charge is 0.506 e. The van der Waals surface area contributed by atoms with E-state index in [-0.39, 0.29) is 11.7 Å². The van der Waals surface area contributed by atoms with Crippen molar-refractivity contribution in [3.8, 4) is 5.75 Å².